The second-order valence-corrected chi connectivity index (χ2v) is 4.07. The maximum Gasteiger partial charge on any atom is 0.0587 e. The Bertz CT molecular complexity index is 305. The molecule has 84 valence electrons. The van der Waals surface area contributed by atoms with Crippen LogP contribution in [0.4, 0.5) is 0 Å². The smallest absolute Gasteiger partial charge is 0.0587 e. The van der Waals surface area contributed by atoms with E-state index < -0.39 is 0 Å². The minimum atomic E-state index is 0.677. The standard InChI is InChI=1S/C11H15Cl2NO/c1-15-7-6-14-5-4-9-2-3-10(12)8-11(9)13/h2-3,8,14H,4-7H2,1H3. The van der Waals surface area contributed by atoms with Crippen LogP contribution in [0.2, 0.25) is 10.0 Å². The molecule has 1 N–H and O–H groups in total. The number of hydrogen-bond acceptors (Lipinski definition) is 2. The van der Waals surface area contributed by atoms with Crippen molar-refractivity contribution in [1.29, 1.82) is 0 Å². The first kappa shape index (κ1) is 12.8. The summed E-state index contributed by atoms with van der Waals surface area (Å²) < 4.78 is 4.93. The fraction of sp³-hybridized carbons (Fsp3) is 0.455. The van der Waals surface area contributed by atoms with Gasteiger partial charge >= 0.3 is 0 Å². The van der Waals surface area contributed by atoms with Crippen molar-refractivity contribution < 1.29 is 4.74 Å². The maximum atomic E-state index is 6.03. The zero-order chi connectivity index (χ0) is 11.1. The third-order valence-electron chi connectivity index (χ3n) is 2.07. The Balaban J connectivity index is 2.31. The Kier molecular flexibility index (Phi) is 6.03. The van der Waals surface area contributed by atoms with E-state index in [1.54, 1.807) is 13.2 Å². The van der Waals surface area contributed by atoms with Crippen LogP contribution in [0.3, 0.4) is 0 Å². The maximum absolute atomic E-state index is 6.03. The van der Waals surface area contributed by atoms with Gasteiger partial charge < -0.3 is 10.1 Å². The monoisotopic (exact) mass is 247 g/mol. The van der Waals surface area contributed by atoms with E-state index in [9.17, 15) is 0 Å². The van der Waals surface area contributed by atoms with Crippen molar-refractivity contribution in [1.82, 2.24) is 5.32 Å². The van der Waals surface area contributed by atoms with Gasteiger partial charge in [0.05, 0.1) is 6.61 Å². The number of methoxy groups -OCH3 is 1. The van der Waals surface area contributed by atoms with Crippen LogP contribution in [0.5, 0.6) is 0 Å². The molecule has 0 aromatic heterocycles. The first-order chi connectivity index (χ1) is 7.24. The van der Waals surface area contributed by atoms with Crippen LogP contribution in [0.25, 0.3) is 0 Å². The molecule has 0 fully saturated rings. The quantitative estimate of drug-likeness (QED) is 0.781. The van der Waals surface area contributed by atoms with E-state index in [-0.39, 0.29) is 0 Å². The van der Waals surface area contributed by atoms with Crippen LogP contribution in [0.1, 0.15) is 5.56 Å². The summed E-state index contributed by atoms with van der Waals surface area (Å²) in [7, 11) is 1.69. The molecule has 1 rings (SSSR count). The van der Waals surface area contributed by atoms with Gasteiger partial charge in [-0.15, -0.1) is 0 Å². The highest BCUT2D eigenvalue weighted by Crippen LogP contribution is 2.20. The molecule has 0 radical (unpaired) electrons. The molecule has 0 aliphatic carbocycles. The predicted octanol–water partition coefficient (Wildman–Crippen LogP) is 2.77. The lowest BCUT2D eigenvalue weighted by molar-refractivity contribution is 0.199. The number of nitrogens with one attached hydrogen (secondary N) is 1. The van der Waals surface area contributed by atoms with Crippen LogP contribution < -0.4 is 5.32 Å². The second kappa shape index (κ2) is 7.07. The molecule has 0 aliphatic heterocycles. The highest BCUT2D eigenvalue weighted by molar-refractivity contribution is 6.35. The third-order valence-corrected chi connectivity index (χ3v) is 2.66. The highest BCUT2D eigenvalue weighted by Gasteiger charge is 2.00. The minimum Gasteiger partial charge on any atom is -0.383 e. The summed E-state index contributed by atoms with van der Waals surface area (Å²) in [4.78, 5) is 0. The van der Waals surface area contributed by atoms with Gasteiger partial charge in [0.25, 0.3) is 0 Å². The average molecular weight is 248 g/mol. The first-order valence-electron chi connectivity index (χ1n) is 4.87. The summed E-state index contributed by atoms with van der Waals surface area (Å²) in [6, 6.07) is 5.59. The van der Waals surface area contributed by atoms with Crippen molar-refractivity contribution in [3.05, 3.63) is 33.8 Å². The number of ether oxygens (including phenoxy) is 1. The van der Waals surface area contributed by atoms with Gasteiger partial charge in [-0.1, -0.05) is 29.3 Å². The largest absolute Gasteiger partial charge is 0.383 e. The van der Waals surface area contributed by atoms with Gasteiger partial charge in [-0.2, -0.15) is 0 Å². The van der Waals surface area contributed by atoms with E-state index >= 15 is 0 Å². The topological polar surface area (TPSA) is 21.3 Å². The van der Waals surface area contributed by atoms with Crippen molar-refractivity contribution in [2.24, 2.45) is 0 Å². The SMILES string of the molecule is COCCNCCc1ccc(Cl)cc1Cl. The average Bonchev–Trinajstić information content (AvgIpc) is 2.20. The van der Waals surface area contributed by atoms with E-state index in [0.29, 0.717) is 5.02 Å². The van der Waals surface area contributed by atoms with Gasteiger partial charge in [0, 0.05) is 23.7 Å². The fourth-order valence-corrected chi connectivity index (χ4v) is 1.75. The summed E-state index contributed by atoms with van der Waals surface area (Å²) in [5.41, 5.74) is 1.12. The Labute approximate surface area is 101 Å². The van der Waals surface area contributed by atoms with Crippen molar-refractivity contribution >= 4 is 23.2 Å². The normalized spacial score (nSPS) is 10.6. The van der Waals surface area contributed by atoms with Crippen LogP contribution >= 0.6 is 23.2 Å². The molecule has 15 heavy (non-hydrogen) atoms. The van der Waals surface area contributed by atoms with Gasteiger partial charge in [-0.25, -0.2) is 0 Å². The Morgan fingerprint density at radius 1 is 1.27 bits per heavy atom. The summed E-state index contributed by atoms with van der Waals surface area (Å²) in [6.07, 6.45) is 0.902. The van der Waals surface area contributed by atoms with E-state index in [2.05, 4.69) is 5.32 Å². The van der Waals surface area contributed by atoms with Gasteiger partial charge in [-0.3, -0.25) is 0 Å². The number of benzene rings is 1. The van der Waals surface area contributed by atoms with E-state index in [0.717, 1.165) is 36.7 Å². The van der Waals surface area contributed by atoms with Crippen molar-refractivity contribution in [3.8, 4) is 0 Å². The Morgan fingerprint density at radius 3 is 2.73 bits per heavy atom. The molecule has 0 bridgehead atoms. The zero-order valence-electron chi connectivity index (χ0n) is 8.72. The molecule has 1 aromatic carbocycles. The third kappa shape index (κ3) is 4.85. The predicted molar refractivity (Wildman–Crippen MR) is 64.9 cm³/mol. The van der Waals surface area contributed by atoms with Crippen LogP contribution in [0.15, 0.2) is 18.2 Å². The second-order valence-electron chi connectivity index (χ2n) is 3.23. The first-order valence-corrected chi connectivity index (χ1v) is 5.63. The summed E-state index contributed by atoms with van der Waals surface area (Å²) >= 11 is 11.8. The Hall–Kier alpha value is -0.280. The molecular formula is C11H15Cl2NO. The van der Waals surface area contributed by atoms with Crippen molar-refractivity contribution in [2.45, 2.75) is 6.42 Å². The number of rotatable bonds is 6. The summed E-state index contributed by atoms with van der Waals surface area (Å²) in [5.74, 6) is 0. The zero-order valence-corrected chi connectivity index (χ0v) is 10.2. The molecule has 0 unspecified atom stereocenters. The van der Waals surface area contributed by atoms with Crippen molar-refractivity contribution in [3.63, 3.8) is 0 Å². The van der Waals surface area contributed by atoms with Crippen molar-refractivity contribution in [2.75, 3.05) is 26.8 Å². The van der Waals surface area contributed by atoms with Gasteiger partial charge in [0.2, 0.25) is 0 Å². The molecule has 0 amide bonds. The van der Waals surface area contributed by atoms with Crippen LogP contribution in [0, 0.1) is 0 Å². The Morgan fingerprint density at radius 2 is 2.07 bits per heavy atom. The molecule has 0 heterocycles. The van der Waals surface area contributed by atoms with Gasteiger partial charge in [0.15, 0.2) is 0 Å². The van der Waals surface area contributed by atoms with E-state index in [1.807, 2.05) is 12.1 Å². The lowest BCUT2D eigenvalue weighted by Gasteiger charge is -2.06. The number of hydrogen-bond donors (Lipinski definition) is 1. The molecule has 0 atom stereocenters. The molecule has 0 saturated carbocycles. The van der Waals surface area contributed by atoms with Gasteiger partial charge in [0.1, 0.15) is 0 Å². The molecule has 0 spiro atoms. The highest BCUT2D eigenvalue weighted by atomic mass is 35.5. The number of halogens is 2. The van der Waals surface area contributed by atoms with Crippen LogP contribution in [-0.2, 0) is 11.2 Å². The van der Waals surface area contributed by atoms with E-state index in [4.69, 9.17) is 27.9 Å². The summed E-state index contributed by atoms with van der Waals surface area (Å²) in [6.45, 7) is 2.49. The molecule has 4 heteroatoms. The lowest BCUT2D eigenvalue weighted by atomic mass is 10.1. The van der Waals surface area contributed by atoms with Gasteiger partial charge in [-0.05, 0) is 30.7 Å². The molecule has 0 saturated heterocycles. The van der Waals surface area contributed by atoms with E-state index in [1.165, 1.54) is 0 Å². The molecule has 0 aliphatic rings. The molecule has 1 aromatic rings. The fourth-order valence-electron chi connectivity index (χ4n) is 1.25. The summed E-state index contributed by atoms with van der Waals surface area (Å²) in [5, 5.41) is 4.67. The molecule has 2 nitrogen and oxygen atoms in total. The molecular weight excluding hydrogens is 233 g/mol. The lowest BCUT2D eigenvalue weighted by Crippen LogP contribution is -2.21. The minimum absolute atomic E-state index is 0.677. The van der Waals surface area contributed by atoms with Crippen LogP contribution in [-0.4, -0.2) is 26.8 Å².